The zero-order valence-corrected chi connectivity index (χ0v) is 13.8. The highest BCUT2D eigenvalue weighted by Gasteiger charge is 2.26. The SMILES string of the molecule is CCN1CCCC1CNS(=O)(=O)c1cc(N)cc(C)c1C. The lowest BCUT2D eigenvalue weighted by Gasteiger charge is -2.23. The van der Waals surface area contributed by atoms with Crippen LogP contribution in [0.1, 0.15) is 30.9 Å². The molecule has 1 saturated heterocycles. The van der Waals surface area contributed by atoms with Crippen LogP contribution in [0.3, 0.4) is 0 Å². The molecule has 3 N–H and O–H groups in total. The van der Waals surface area contributed by atoms with Gasteiger partial charge in [-0.05, 0) is 63.0 Å². The van der Waals surface area contributed by atoms with Crippen LogP contribution in [0.4, 0.5) is 5.69 Å². The van der Waals surface area contributed by atoms with Gasteiger partial charge in [-0.25, -0.2) is 13.1 Å². The maximum Gasteiger partial charge on any atom is 0.240 e. The summed E-state index contributed by atoms with van der Waals surface area (Å²) in [5.41, 5.74) is 7.92. The van der Waals surface area contributed by atoms with Crippen molar-refractivity contribution in [3.8, 4) is 0 Å². The van der Waals surface area contributed by atoms with Crippen molar-refractivity contribution in [2.75, 3.05) is 25.4 Å². The molecule has 0 amide bonds. The second-order valence-electron chi connectivity index (χ2n) is 5.74. The van der Waals surface area contributed by atoms with E-state index in [2.05, 4.69) is 16.5 Å². The van der Waals surface area contributed by atoms with E-state index in [4.69, 9.17) is 5.73 Å². The number of aryl methyl sites for hydroxylation is 1. The summed E-state index contributed by atoms with van der Waals surface area (Å²) < 4.78 is 27.8. The lowest BCUT2D eigenvalue weighted by atomic mass is 10.1. The van der Waals surface area contributed by atoms with Gasteiger partial charge < -0.3 is 5.73 Å². The van der Waals surface area contributed by atoms with Crippen molar-refractivity contribution in [2.24, 2.45) is 0 Å². The van der Waals surface area contributed by atoms with Crippen molar-refractivity contribution >= 4 is 15.7 Å². The largest absolute Gasteiger partial charge is 0.399 e. The summed E-state index contributed by atoms with van der Waals surface area (Å²) >= 11 is 0. The number of hydrogen-bond acceptors (Lipinski definition) is 4. The minimum absolute atomic E-state index is 0.293. The zero-order chi connectivity index (χ0) is 15.6. The predicted octanol–water partition coefficient (Wildman–Crippen LogP) is 1.65. The number of nitrogens with one attached hydrogen (secondary N) is 1. The van der Waals surface area contributed by atoms with Crippen molar-refractivity contribution in [1.29, 1.82) is 0 Å². The Hall–Kier alpha value is -1.11. The number of anilines is 1. The monoisotopic (exact) mass is 311 g/mol. The van der Waals surface area contributed by atoms with Crippen molar-refractivity contribution in [1.82, 2.24) is 9.62 Å². The Morgan fingerprint density at radius 2 is 2.10 bits per heavy atom. The lowest BCUT2D eigenvalue weighted by Crippen LogP contribution is -2.40. The zero-order valence-electron chi connectivity index (χ0n) is 13.0. The van der Waals surface area contributed by atoms with Crippen molar-refractivity contribution in [3.05, 3.63) is 23.3 Å². The van der Waals surface area contributed by atoms with E-state index in [9.17, 15) is 8.42 Å². The fraction of sp³-hybridized carbons (Fsp3) is 0.600. The van der Waals surface area contributed by atoms with E-state index in [1.54, 1.807) is 6.07 Å². The van der Waals surface area contributed by atoms with E-state index >= 15 is 0 Å². The first kappa shape index (κ1) is 16.3. The third-order valence-electron chi connectivity index (χ3n) is 4.35. The smallest absolute Gasteiger partial charge is 0.240 e. The van der Waals surface area contributed by atoms with Crippen LogP contribution in [0, 0.1) is 13.8 Å². The number of nitrogens with zero attached hydrogens (tertiary/aromatic N) is 1. The van der Waals surface area contributed by atoms with Crippen LogP contribution in [0.5, 0.6) is 0 Å². The van der Waals surface area contributed by atoms with Gasteiger partial charge in [-0.3, -0.25) is 4.90 Å². The molecule has 1 fully saturated rings. The van der Waals surface area contributed by atoms with Crippen LogP contribution in [-0.2, 0) is 10.0 Å². The molecule has 1 unspecified atom stereocenters. The number of hydrogen-bond donors (Lipinski definition) is 2. The van der Waals surface area contributed by atoms with Gasteiger partial charge in [0.05, 0.1) is 4.90 Å². The predicted molar refractivity (Wildman–Crippen MR) is 85.8 cm³/mol. The molecule has 1 aliphatic heterocycles. The van der Waals surface area contributed by atoms with Gasteiger partial charge in [0.1, 0.15) is 0 Å². The average molecular weight is 311 g/mol. The highest BCUT2D eigenvalue weighted by atomic mass is 32.2. The Labute approximate surface area is 127 Å². The van der Waals surface area contributed by atoms with Crippen LogP contribution in [0.15, 0.2) is 17.0 Å². The maximum absolute atomic E-state index is 12.5. The number of sulfonamides is 1. The number of nitrogen functional groups attached to an aromatic ring is 1. The normalized spacial score (nSPS) is 20.0. The highest BCUT2D eigenvalue weighted by Crippen LogP contribution is 2.23. The third kappa shape index (κ3) is 3.56. The van der Waals surface area contributed by atoms with Crippen LogP contribution in [0.2, 0.25) is 0 Å². The molecule has 118 valence electrons. The van der Waals surface area contributed by atoms with E-state index < -0.39 is 10.0 Å². The summed E-state index contributed by atoms with van der Waals surface area (Å²) in [4.78, 5) is 2.61. The molecule has 21 heavy (non-hydrogen) atoms. The van der Waals surface area contributed by atoms with Gasteiger partial charge in [0.25, 0.3) is 0 Å². The number of nitrogens with two attached hydrogens (primary N) is 1. The molecule has 0 bridgehead atoms. The van der Waals surface area contributed by atoms with E-state index in [0.29, 0.717) is 23.2 Å². The van der Waals surface area contributed by atoms with E-state index in [1.165, 1.54) is 6.07 Å². The van der Waals surface area contributed by atoms with Crippen molar-refractivity contribution < 1.29 is 8.42 Å². The molecule has 0 aromatic heterocycles. The van der Waals surface area contributed by atoms with E-state index in [1.807, 2.05) is 13.8 Å². The molecule has 2 rings (SSSR count). The molecule has 1 atom stereocenters. The van der Waals surface area contributed by atoms with Gasteiger partial charge in [0, 0.05) is 18.3 Å². The van der Waals surface area contributed by atoms with Crippen LogP contribution < -0.4 is 10.5 Å². The molecule has 0 spiro atoms. The Morgan fingerprint density at radius 3 is 2.76 bits per heavy atom. The first-order chi connectivity index (χ1) is 9.85. The molecule has 1 heterocycles. The summed E-state index contributed by atoms with van der Waals surface area (Å²) in [7, 11) is -3.51. The fourth-order valence-corrected chi connectivity index (χ4v) is 4.38. The number of benzene rings is 1. The Bertz CT molecular complexity index is 614. The lowest BCUT2D eigenvalue weighted by molar-refractivity contribution is 0.268. The number of likely N-dealkylation sites (tertiary alicyclic amines) is 1. The van der Waals surface area contributed by atoms with E-state index in [0.717, 1.165) is 37.1 Å². The number of likely N-dealkylation sites (N-methyl/N-ethyl adjacent to an activating group) is 1. The fourth-order valence-electron chi connectivity index (χ4n) is 2.96. The molecule has 0 aliphatic carbocycles. The van der Waals surface area contributed by atoms with Crippen LogP contribution >= 0.6 is 0 Å². The van der Waals surface area contributed by atoms with E-state index in [-0.39, 0.29) is 0 Å². The molecule has 1 aromatic rings. The van der Waals surface area contributed by atoms with Crippen molar-refractivity contribution in [3.63, 3.8) is 0 Å². The molecule has 1 aliphatic rings. The maximum atomic E-state index is 12.5. The highest BCUT2D eigenvalue weighted by molar-refractivity contribution is 7.89. The first-order valence-corrected chi connectivity index (χ1v) is 8.94. The topological polar surface area (TPSA) is 75.4 Å². The minimum Gasteiger partial charge on any atom is -0.399 e. The van der Waals surface area contributed by atoms with Gasteiger partial charge in [-0.1, -0.05) is 6.92 Å². The molecule has 5 nitrogen and oxygen atoms in total. The van der Waals surface area contributed by atoms with Gasteiger partial charge in [-0.15, -0.1) is 0 Å². The van der Waals surface area contributed by atoms with Crippen molar-refractivity contribution in [2.45, 2.75) is 44.6 Å². The average Bonchev–Trinajstić information content (AvgIpc) is 2.88. The van der Waals surface area contributed by atoms with Crippen LogP contribution in [-0.4, -0.2) is 39.0 Å². The summed E-state index contributed by atoms with van der Waals surface area (Å²) in [6.07, 6.45) is 2.18. The quantitative estimate of drug-likeness (QED) is 0.811. The molecule has 0 radical (unpaired) electrons. The standard InChI is InChI=1S/C15H25N3O2S/c1-4-18-7-5-6-14(18)10-17-21(19,20)15-9-13(16)8-11(2)12(15)3/h8-9,14,17H,4-7,10,16H2,1-3H3. The molecule has 1 aromatic carbocycles. The molecule has 6 heteroatoms. The summed E-state index contributed by atoms with van der Waals surface area (Å²) in [6, 6.07) is 3.63. The van der Waals surface area contributed by atoms with Gasteiger partial charge in [0.15, 0.2) is 0 Å². The second kappa shape index (κ2) is 6.34. The molecular formula is C15H25N3O2S. The molecular weight excluding hydrogens is 286 g/mol. The van der Waals surface area contributed by atoms with Gasteiger partial charge >= 0.3 is 0 Å². The Kier molecular flexibility index (Phi) is 4.91. The third-order valence-corrected chi connectivity index (χ3v) is 5.90. The van der Waals surface area contributed by atoms with Gasteiger partial charge in [0.2, 0.25) is 10.0 Å². The summed E-state index contributed by atoms with van der Waals surface area (Å²) in [6.45, 7) is 8.28. The number of rotatable bonds is 5. The first-order valence-electron chi connectivity index (χ1n) is 7.45. The summed E-state index contributed by atoms with van der Waals surface area (Å²) in [5, 5.41) is 0. The molecule has 0 saturated carbocycles. The van der Waals surface area contributed by atoms with Crippen LogP contribution in [0.25, 0.3) is 0 Å². The second-order valence-corrected chi connectivity index (χ2v) is 7.47. The Morgan fingerprint density at radius 1 is 1.38 bits per heavy atom. The minimum atomic E-state index is -3.51. The van der Waals surface area contributed by atoms with Gasteiger partial charge in [-0.2, -0.15) is 0 Å². The Balaban J connectivity index is 2.16. The summed E-state index contributed by atoms with van der Waals surface area (Å²) in [5.74, 6) is 0.